The number of hydrogen-bond acceptors (Lipinski definition) is 4. The summed E-state index contributed by atoms with van der Waals surface area (Å²) in [7, 11) is 0. The third-order valence-corrected chi connectivity index (χ3v) is 3.67. The molecular weight excluding hydrogens is 314 g/mol. The lowest BCUT2D eigenvalue weighted by Crippen LogP contribution is -2.58. The molecule has 19 heavy (non-hydrogen) atoms. The van der Waals surface area contributed by atoms with Crippen LogP contribution in [0.5, 0.6) is 0 Å². The van der Waals surface area contributed by atoms with Crippen LogP contribution in [0.3, 0.4) is 0 Å². The van der Waals surface area contributed by atoms with Gasteiger partial charge in [0, 0.05) is 10.7 Å². The van der Waals surface area contributed by atoms with Crippen molar-refractivity contribution in [3.05, 3.63) is 22.8 Å². The van der Waals surface area contributed by atoms with Gasteiger partial charge in [0.15, 0.2) is 0 Å². The van der Waals surface area contributed by atoms with E-state index < -0.39 is 11.5 Å². The number of carboxylic acid groups (broad SMARTS) is 1. The van der Waals surface area contributed by atoms with Gasteiger partial charge in [-0.25, -0.2) is 4.98 Å². The van der Waals surface area contributed by atoms with Crippen molar-refractivity contribution in [3.8, 4) is 0 Å². The molecule has 0 saturated heterocycles. The SMILES string of the molecule is O=C(CNC1(C(=O)O)CCC1)Nc1ccc(Br)cn1. The zero-order valence-electron chi connectivity index (χ0n) is 10.1. The topological polar surface area (TPSA) is 91.3 Å². The first-order chi connectivity index (χ1) is 9.02. The Morgan fingerprint density at radius 3 is 2.63 bits per heavy atom. The summed E-state index contributed by atoms with van der Waals surface area (Å²) in [5.74, 6) is -0.761. The third-order valence-electron chi connectivity index (χ3n) is 3.20. The van der Waals surface area contributed by atoms with Crippen LogP contribution in [0.4, 0.5) is 5.82 Å². The molecule has 1 aliphatic rings. The van der Waals surface area contributed by atoms with Crippen LogP contribution in [0, 0.1) is 0 Å². The fraction of sp³-hybridized carbons (Fsp3) is 0.417. The minimum atomic E-state index is -0.926. The zero-order valence-corrected chi connectivity index (χ0v) is 11.7. The number of carboxylic acids is 1. The highest BCUT2D eigenvalue weighted by Gasteiger charge is 2.44. The number of aromatic nitrogens is 1. The molecule has 3 N–H and O–H groups in total. The van der Waals surface area contributed by atoms with Gasteiger partial charge in [-0.2, -0.15) is 0 Å². The van der Waals surface area contributed by atoms with E-state index in [1.54, 1.807) is 18.3 Å². The third kappa shape index (κ3) is 3.30. The monoisotopic (exact) mass is 327 g/mol. The van der Waals surface area contributed by atoms with Crippen molar-refractivity contribution >= 4 is 33.6 Å². The van der Waals surface area contributed by atoms with Gasteiger partial charge in [0.2, 0.25) is 5.91 Å². The molecule has 0 atom stereocenters. The summed E-state index contributed by atoms with van der Waals surface area (Å²) < 4.78 is 0.822. The van der Waals surface area contributed by atoms with E-state index in [0.717, 1.165) is 10.9 Å². The highest BCUT2D eigenvalue weighted by Crippen LogP contribution is 2.31. The van der Waals surface area contributed by atoms with E-state index in [0.29, 0.717) is 18.7 Å². The second-order valence-electron chi connectivity index (χ2n) is 4.50. The number of nitrogens with one attached hydrogen (secondary N) is 2. The van der Waals surface area contributed by atoms with E-state index in [9.17, 15) is 9.59 Å². The molecule has 1 aromatic rings. The summed E-state index contributed by atoms with van der Waals surface area (Å²) in [4.78, 5) is 26.8. The number of carbonyl (C=O) groups excluding carboxylic acids is 1. The summed E-state index contributed by atoms with van der Waals surface area (Å²) in [5.41, 5.74) is -0.926. The Morgan fingerprint density at radius 1 is 1.42 bits per heavy atom. The zero-order chi connectivity index (χ0) is 13.9. The van der Waals surface area contributed by atoms with Crippen LogP contribution >= 0.6 is 15.9 Å². The molecule has 0 radical (unpaired) electrons. The fourth-order valence-corrected chi connectivity index (χ4v) is 2.12. The van der Waals surface area contributed by atoms with Gasteiger partial charge in [0.25, 0.3) is 0 Å². The predicted octanol–water partition coefficient (Wildman–Crippen LogP) is 1.38. The number of halogens is 1. The van der Waals surface area contributed by atoms with Crippen LogP contribution < -0.4 is 10.6 Å². The van der Waals surface area contributed by atoms with Crippen LogP contribution in [-0.2, 0) is 9.59 Å². The van der Waals surface area contributed by atoms with Gasteiger partial charge in [-0.05, 0) is 47.3 Å². The molecule has 2 rings (SSSR count). The molecule has 7 heteroatoms. The van der Waals surface area contributed by atoms with E-state index >= 15 is 0 Å². The molecule has 6 nitrogen and oxygen atoms in total. The Kier molecular flexibility index (Phi) is 4.16. The quantitative estimate of drug-likeness (QED) is 0.760. The van der Waals surface area contributed by atoms with E-state index in [1.807, 2.05) is 0 Å². The van der Waals surface area contributed by atoms with Gasteiger partial charge in [0.05, 0.1) is 6.54 Å². The molecule has 1 aromatic heterocycles. The summed E-state index contributed by atoms with van der Waals surface area (Å²) in [6.07, 6.45) is 3.57. The number of carbonyl (C=O) groups is 2. The van der Waals surface area contributed by atoms with Gasteiger partial charge in [-0.15, -0.1) is 0 Å². The molecule has 0 bridgehead atoms. The summed E-state index contributed by atoms with van der Waals surface area (Å²) >= 11 is 3.25. The Hall–Kier alpha value is -1.47. The van der Waals surface area contributed by atoms with Gasteiger partial charge in [-0.1, -0.05) is 0 Å². The number of nitrogens with zero attached hydrogens (tertiary/aromatic N) is 1. The van der Waals surface area contributed by atoms with Crippen molar-refractivity contribution in [1.29, 1.82) is 0 Å². The molecule has 1 aliphatic carbocycles. The second kappa shape index (κ2) is 5.66. The number of anilines is 1. The molecule has 0 spiro atoms. The first-order valence-corrected chi connectivity index (χ1v) is 6.71. The van der Waals surface area contributed by atoms with E-state index in [1.165, 1.54) is 0 Å². The average molecular weight is 328 g/mol. The van der Waals surface area contributed by atoms with E-state index in [2.05, 4.69) is 31.5 Å². The Bertz CT molecular complexity index is 485. The lowest BCUT2D eigenvalue weighted by atomic mass is 9.77. The molecule has 1 amide bonds. The van der Waals surface area contributed by atoms with Crippen molar-refractivity contribution in [2.45, 2.75) is 24.8 Å². The molecule has 102 valence electrons. The van der Waals surface area contributed by atoms with Crippen LogP contribution in [-0.4, -0.2) is 34.1 Å². The first-order valence-electron chi connectivity index (χ1n) is 5.92. The highest BCUT2D eigenvalue weighted by molar-refractivity contribution is 9.10. The van der Waals surface area contributed by atoms with Crippen LogP contribution in [0.25, 0.3) is 0 Å². The van der Waals surface area contributed by atoms with Gasteiger partial charge in [-0.3, -0.25) is 14.9 Å². The molecule has 0 unspecified atom stereocenters. The smallest absolute Gasteiger partial charge is 0.323 e. The maximum Gasteiger partial charge on any atom is 0.323 e. The van der Waals surface area contributed by atoms with Crippen LogP contribution in [0.1, 0.15) is 19.3 Å². The number of hydrogen-bond donors (Lipinski definition) is 3. The maximum absolute atomic E-state index is 11.7. The average Bonchev–Trinajstić information content (AvgIpc) is 2.30. The summed E-state index contributed by atoms with van der Waals surface area (Å²) in [6, 6.07) is 3.43. The summed E-state index contributed by atoms with van der Waals surface area (Å²) in [6.45, 7) is -0.0377. The number of amides is 1. The van der Waals surface area contributed by atoms with Gasteiger partial charge < -0.3 is 10.4 Å². The van der Waals surface area contributed by atoms with Crippen LogP contribution in [0.15, 0.2) is 22.8 Å². The molecule has 0 aromatic carbocycles. The second-order valence-corrected chi connectivity index (χ2v) is 5.42. The maximum atomic E-state index is 11.7. The van der Waals surface area contributed by atoms with Crippen molar-refractivity contribution in [2.75, 3.05) is 11.9 Å². The minimum Gasteiger partial charge on any atom is -0.480 e. The van der Waals surface area contributed by atoms with Crippen molar-refractivity contribution in [3.63, 3.8) is 0 Å². The molecule has 1 fully saturated rings. The van der Waals surface area contributed by atoms with Crippen molar-refractivity contribution in [1.82, 2.24) is 10.3 Å². The van der Waals surface area contributed by atoms with E-state index in [4.69, 9.17) is 5.11 Å². The predicted molar refractivity (Wildman–Crippen MR) is 72.8 cm³/mol. The first kappa shape index (κ1) is 14.0. The Labute approximate surface area is 118 Å². The fourth-order valence-electron chi connectivity index (χ4n) is 1.88. The standard InChI is InChI=1S/C12H14BrN3O3/c13-8-2-3-9(14-6-8)16-10(17)7-15-12(11(18)19)4-1-5-12/h2-3,6,15H,1,4-5,7H2,(H,18,19)(H,14,16,17). The van der Waals surface area contributed by atoms with Crippen LogP contribution in [0.2, 0.25) is 0 Å². The lowest BCUT2D eigenvalue weighted by Gasteiger charge is -2.38. The van der Waals surface area contributed by atoms with Gasteiger partial charge in [0.1, 0.15) is 11.4 Å². The summed E-state index contributed by atoms with van der Waals surface area (Å²) in [5, 5.41) is 14.5. The Morgan fingerprint density at radius 2 is 2.16 bits per heavy atom. The highest BCUT2D eigenvalue weighted by atomic mass is 79.9. The van der Waals surface area contributed by atoms with Gasteiger partial charge >= 0.3 is 5.97 Å². The molecule has 0 aliphatic heterocycles. The lowest BCUT2D eigenvalue weighted by molar-refractivity contribution is -0.148. The minimum absolute atomic E-state index is 0.0377. The molecule has 1 saturated carbocycles. The van der Waals surface area contributed by atoms with Crippen molar-refractivity contribution < 1.29 is 14.7 Å². The number of rotatable bonds is 5. The van der Waals surface area contributed by atoms with Crippen molar-refractivity contribution in [2.24, 2.45) is 0 Å². The normalized spacial score (nSPS) is 16.5. The number of pyridine rings is 1. The largest absolute Gasteiger partial charge is 0.480 e. The molecular formula is C12H14BrN3O3. The van der Waals surface area contributed by atoms with E-state index in [-0.39, 0.29) is 12.5 Å². The Balaban J connectivity index is 1.85. The number of aliphatic carboxylic acids is 1. The molecule has 1 heterocycles.